The summed E-state index contributed by atoms with van der Waals surface area (Å²) in [5.41, 5.74) is 1.54. The number of hydrogen-bond acceptors (Lipinski definition) is 3. The van der Waals surface area contributed by atoms with Crippen molar-refractivity contribution in [2.75, 3.05) is 0 Å². The lowest BCUT2D eigenvalue weighted by Gasteiger charge is -2.17. The highest BCUT2D eigenvalue weighted by atomic mass is 19.1. The number of aliphatic hydroxyl groups is 1. The van der Waals surface area contributed by atoms with Crippen LogP contribution in [-0.4, -0.2) is 17.1 Å². The molecule has 5 heteroatoms. The van der Waals surface area contributed by atoms with Gasteiger partial charge < -0.3 is 14.8 Å². The van der Waals surface area contributed by atoms with Crippen LogP contribution >= 0.6 is 0 Å². The van der Waals surface area contributed by atoms with Gasteiger partial charge in [0.2, 0.25) is 0 Å². The van der Waals surface area contributed by atoms with E-state index in [1.54, 1.807) is 19.9 Å². The number of amides is 1. The molecular formula is C17H20FNO3. The Morgan fingerprint density at radius 2 is 1.95 bits per heavy atom. The van der Waals surface area contributed by atoms with E-state index in [-0.39, 0.29) is 23.5 Å². The van der Waals surface area contributed by atoms with Crippen molar-refractivity contribution in [2.24, 2.45) is 0 Å². The van der Waals surface area contributed by atoms with Crippen LogP contribution < -0.4 is 5.32 Å². The first-order valence-electron chi connectivity index (χ1n) is 7.18. The van der Waals surface area contributed by atoms with Gasteiger partial charge in [-0.1, -0.05) is 12.1 Å². The van der Waals surface area contributed by atoms with Crippen molar-refractivity contribution in [3.05, 3.63) is 58.8 Å². The van der Waals surface area contributed by atoms with Gasteiger partial charge in [-0.15, -0.1) is 0 Å². The molecule has 2 aromatic rings. The van der Waals surface area contributed by atoms with Crippen LogP contribution in [0.3, 0.4) is 0 Å². The maximum atomic E-state index is 12.9. The molecule has 0 fully saturated rings. The average Bonchev–Trinajstić information content (AvgIpc) is 2.79. The molecule has 0 aliphatic rings. The summed E-state index contributed by atoms with van der Waals surface area (Å²) in [6.07, 6.45) is -0.438. The molecule has 118 valence electrons. The second-order valence-electron chi connectivity index (χ2n) is 5.53. The number of carbonyl (C=O) groups excluding carboxylic acids is 1. The van der Waals surface area contributed by atoms with Gasteiger partial charge in [0.15, 0.2) is 5.76 Å². The number of rotatable bonds is 5. The molecule has 1 aromatic heterocycles. The van der Waals surface area contributed by atoms with Gasteiger partial charge in [0.1, 0.15) is 11.6 Å². The largest absolute Gasteiger partial charge is 0.456 e. The predicted molar refractivity (Wildman–Crippen MR) is 81.1 cm³/mol. The standard InChI is InChI=1S/C17H20FNO3/c1-10-8-16(22-12(10)3)17(21)19-11(2)9-15(20)13-4-6-14(18)7-5-13/h4-8,11,15,20H,9H2,1-3H3,(H,19,21). The Morgan fingerprint density at radius 3 is 2.50 bits per heavy atom. The van der Waals surface area contributed by atoms with Gasteiger partial charge in [0.05, 0.1) is 6.10 Å². The highest BCUT2D eigenvalue weighted by Gasteiger charge is 2.18. The molecular weight excluding hydrogens is 285 g/mol. The van der Waals surface area contributed by atoms with Crippen LogP contribution in [0, 0.1) is 19.7 Å². The minimum atomic E-state index is -0.768. The summed E-state index contributed by atoms with van der Waals surface area (Å²) in [6, 6.07) is 7.11. The summed E-state index contributed by atoms with van der Waals surface area (Å²) in [5, 5.41) is 12.9. The van der Waals surface area contributed by atoms with Crippen LogP contribution in [0.25, 0.3) is 0 Å². The van der Waals surface area contributed by atoms with E-state index in [9.17, 15) is 14.3 Å². The SMILES string of the molecule is Cc1cc(C(=O)NC(C)CC(O)c2ccc(F)cc2)oc1C. The molecule has 2 rings (SSSR count). The molecule has 0 aliphatic carbocycles. The van der Waals surface area contributed by atoms with Crippen LogP contribution in [-0.2, 0) is 0 Å². The molecule has 0 spiro atoms. The smallest absolute Gasteiger partial charge is 0.287 e. The summed E-state index contributed by atoms with van der Waals surface area (Å²) in [6.45, 7) is 5.47. The normalized spacial score (nSPS) is 13.7. The quantitative estimate of drug-likeness (QED) is 0.891. The van der Waals surface area contributed by atoms with Crippen molar-refractivity contribution in [1.29, 1.82) is 0 Å². The van der Waals surface area contributed by atoms with E-state index in [1.165, 1.54) is 24.3 Å². The maximum absolute atomic E-state index is 12.9. The third-order valence-electron chi connectivity index (χ3n) is 3.60. The van der Waals surface area contributed by atoms with Gasteiger partial charge in [-0.3, -0.25) is 4.79 Å². The molecule has 0 radical (unpaired) electrons. The third kappa shape index (κ3) is 3.95. The number of furan rings is 1. The van der Waals surface area contributed by atoms with Crippen LogP contribution in [0.4, 0.5) is 4.39 Å². The maximum Gasteiger partial charge on any atom is 0.287 e. The number of nitrogens with one attached hydrogen (secondary N) is 1. The lowest BCUT2D eigenvalue weighted by molar-refractivity contribution is 0.0888. The molecule has 0 saturated carbocycles. The van der Waals surface area contributed by atoms with Gasteiger partial charge in [-0.2, -0.15) is 0 Å². The first kappa shape index (κ1) is 16.2. The van der Waals surface area contributed by atoms with Crippen molar-refractivity contribution in [3.63, 3.8) is 0 Å². The summed E-state index contributed by atoms with van der Waals surface area (Å²) < 4.78 is 18.2. The molecule has 2 atom stereocenters. The molecule has 1 aromatic carbocycles. The molecule has 2 unspecified atom stereocenters. The van der Waals surface area contributed by atoms with Crippen molar-refractivity contribution >= 4 is 5.91 Å². The number of aryl methyl sites for hydroxylation is 2. The number of benzene rings is 1. The number of halogens is 1. The molecule has 1 amide bonds. The van der Waals surface area contributed by atoms with Crippen LogP contribution in [0.5, 0.6) is 0 Å². The topological polar surface area (TPSA) is 62.5 Å². The van der Waals surface area contributed by atoms with Crippen LogP contribution in [0.15, 0.2) is 34.7 Å². The van der Waals surface area contributed by atoms with Gasteiger partial charge in [-0.05, 0) is 56.5 Å². The second-order valence-corrected chi connectivity index (χ2v) is 5.53. The zero-order valence-electron chi connectivity index (χ0n) is 12.9. The predicted octanol–water partition coefficient (Wildman–Crippen LogP) is 3.28. The Bertz CT molecular complexity index is 629. The lowest BCUT2D eigenvalue weighted by Crippen LogP contribution is -2.33. The number of hydrogen-bond donors (Lipinski definition) is 2. The van der Waals surface area contributed by atoms with E-state index in [0.29, 0.717) is 17.7 Å². The van der Waals surface area contributed by atoms with E-state index in [1.807, 2.05) is 6.92 Å². The van der Waals surface area contributed by atoms with Crippen LogP contribution in [0.2, 0.25) is 0 Å². The Kier molecular flexibility index (Phi) is 4.98. The fourth-order valence-corrected chi connectivity index (χ4v) is 2.19. The Hall–Kier alpha value is -2.14. The van der Waals surface area contributed by atoms with Gasteiger partial charge >= 0.3 is 0 Å². The molecule has 0 saturated heterocycles. The Labute approximate surface area is 129 Å². The first-order chi connectivity index (χ1) is 10.4. The van der Waals surface area contributed by atoms with Crippen molar-refractivity contribution in [3.8, 4) is 0 Å². The van der Waals surface area contributed by atoms with E-state index in [4.69, 9.17) is 4.42 Å². The first-order valence-corrected chi connectivity index (χ1v) is 7.18. The minimum absolute atomic E-state index is 0.252. The number of aliphatic hydroxyl groups excluding tert-OH is 1. The van der Waals surface area contributed by atoms with Gasteiger partial charge in [0.25, 0.3) is 5.91 Å². The number of carbonyl (C=O) groups is 1. The van der Waals surface area contributed by atoms with E-state index >= 15 is 0 Å². The summed E-state index contributed by atoms with van der Waals surface area (Å²) in [4.78, 5) is 12.0. The molecule has 2 N–H and O–H groups in total. The fourth-order valence-electron chi connectivity index (χ4n) is 2.19. The fraction of sp³-hybridized carbons (Fsp3) is 0.353. The van der Waals surface area contributed by atoms with Crippen molar-refractivity contribution in [1.82, 2.24) is 5.32 Å². The third-order valence-corrected chi connectivity index (χ3v) is 3.60. The average molecular weight is 305 g/mol. The Balaban J connectivity index is 1.93. The van der Waals surface area contributed by atoms with Crippen LogP contribution in [0.1, 0.15) is 46.9 Å². The highest BCUT2D eigenvalue weighted by molar-refractivity contribution is 5.91. The summed E-state index contributed by atoms with van der Waals surface area (Å²) >= 11 is 0. The summed E-state index contributed by atoms with van der Waals surface area (Å²) in [5.74, 6) is 0.318. The van der Waals surface area contributed by atoms with Crippen molar-refractivity contribution in [2.45, 2.75) is 39.3 Å². The van der Waals surface area contributed by atoms with E-state index in [0.717, 1.165) is 5.56 Å². The Morgan fingerprint density at radius 1 is 1.32 bits per heavy atom. The summed E-state index contributed by atoms with van der Waals surface area (Å²) in [7, 11) is 0. The van der Waals surface area contributed by atoms with E-state index in [2.05, 4.69) is 5.32 Å². The zero-order chi connectivity index (χ0) is 16.3. The molecule has 0 aliphatic heterocycles. The highest BCUT2D eigenvalue weighted by Crippen LogP contribution is 2.19. The van der Waals surface area contributed by atoms with Crippen molar-refractivity contribution < 1.29 is 18.7 Å². The second kappa shape index (κ2) is 6.75. The molecule has 1 heterocycles. The lowest BCUT2D eigenvalue weighted by atomic mass is 10.0. The van der Waals surface area contributed by atoms with Gasteiger partial charge in [-0.25, -0.2) is 4.39 Å². The minimum Gasteiger partial charge on any atom is -0.456 e. The molecule has 22 heavy (non-hydrogen) atoms. The monoisotopic (exact) mass is 305 g/mol. The van der Waals surface area contributed by atoms with E-state index < -0.39 is 6.10 Å². The molecule has 0 bridgehead atoms. The van der Waals surface area contributed by atoms with Gasteiger partial charge in [0, 0.05) is 6.04 Å². The molecule has 4 nitrogen and oxygen atoms in total. The zero-order valence-corrected chi connectivity index (χ0v) is 12.9.